The van der Waals surface area contributed by atoms with Gasteiger partial charge in [-0.2, -0.15) is 0 Å². The Bertz CT molecular complexity index is 1230. The lowest BCUT2D eigenvalue weighted by atomic mass is 10.1. The van der Waals surface area contributed by atoms with Crippen molar-refractivity contribution in [3.05, 3.63) is 94.9 Å². The molecule has 4 aromatic rings. The van der Waals surface area contributed by atoms with Crippen LogP contribution in [-0.4, -0.2) is 30.9 Å². The highest BCUT2D eigenvalue weighted by molar-refractivity contribution is 7.18. The van der Waals surface area contributed by atoms with Gasteiger partial charge in [-0.1, -0.05) is 72.0 Å². The minimum atomic E-state index is -0.380. The zero-order chi connectivity index (χ0) is 22.5. The molecule has 0 aliphatic rings. The van der Waals surface area contributed by atoms with Crippen LogP contribution in [-0.2, 0) is 0 Å². The van der Waals surface area contributed by atoms with E-state index < -0.39 is 0 Å². The normalized spacial score (nSPS) is 10.4. The number of carbonyl (C=O) groups excluding carboxylic acids is 2. The molecule has 0 atom stereocenters. The third-order valence-corrected chi connectivity index (χ3v) is 5.72. The number of anilines is 1. The van der Waals surface area contributed by atoms with Crippen LogP contribution >= 0.6 is 11.3 Å². The maximum Gasteiger partial charge on any atom is 0.257 e. The van der Waals surface area contributed by atoms with Crippen molar-refractivity contribution in [1.82, 2.24) is 4.98 Å². The van der Waals surface area contributed by atoms with Gasteiger partial charge in [0.2, 0.25) is 5.78 Å². The van der Waals surface area contributed by atoms with Gasteiger partial charge < -0.3 is 9.47 Å². The Kier molecular flexibility index (Phi) is 6.28. The van der Waals surface area contributed by atoms with Crippen LogP contribution in [0.2, 0.25) is 0 Å². The number of carbonyl (C=O) groups is 2. The van der Waals surface area contributed by atoms with Crippen LogP contribution in [0.15, 0.2) is 78.9 Å². The highest BCUT2D eigenvalue weighted by Crippen LogP contribution is 2.33. The molecule has 6 nitrogen and oxygen atoms in total. The molecule has 3 aromatic carbocycles. The summed E-state index contributed by atoms with van der Waals surface area (Å²) in [6.45, 7) is 0. The third-order valence-electron chi connectivity index (χ3n) is 4.75. The lowest BCUT2D eigenvalue weighted by Crippen LogP contribution is -2.12. The van der Waals surface area contributed by atoms with Crippen LogP contribution in [0.5, 0.6) is 11.5 Å². The number of rotatable bonds is 7. The number of hydrogen-bond donors (Lipinski definition) is 1. The van der Waals surface area contributed by atoms with Crippen molar-refractivity contribution < 1.29 is 19.1 Å². The molecular weight excluding hydrogens is 424 g/mol. The minimum Gasteiger partial charge on any atom is -0.497 e. The maximum atomic E-state index is 13.2. The summed E-state index contributed by atoms with van der Waals surface area (Å²) in [6, 6.07) is 23.3. The fourth-order valence-electron chi connectivity index (χ4n) is 3.15. The number of aromatic nitrogens is 1. The molecule has 1 aromatic heterocycles. The number of ketones is 1. The number of amides is 1. The number of methoxy groups -OCH3 is 2. The fourth-order valence-corrected chi connectivity index (χ4v) is 4.09. The SMILES string of the molecule is COc1cc(OC)cc(C(=O)Nc2nc(-c3ccccc3)c(C(=O)c3ccccc3)s2)c1. The first-order valence-electron chi connectivity index (χ1n) is 9.79. The lowest BCUT2D eigenvalue weighted by molar-refractivity contribution is 0.102. The van der Waals surface area contributed by atoms with Gasteiger partial charge in [0.05, 0.1) is 19.9 Å². The summed E-state index contributed by atoms with van der Waals surface area (Å²) in [7, 11) is 3.04. The summed E-state index contributed by atoms with van der Waals surface area (Å²) in [5.74, 6) is 0.469. The zero-order valence-corrected chi connectivity index (χ0v) is 18.3. The van der Waals surface area contributed by atoms with Crippen molar-refractivity contribution >= 4 is 28.2 Å². The van der Waals surface area contributed by atoms with Crippen LogP contribution in [0.3, 0.4) is 0 Å². The zero-order valence-electron chi connectivity index (χ0n) is 17.5. The Hall–Kier alpha value is -3.97. The molecule has 0 radical (unpaired) electrons. The van der Waals surface area contributed by atoms with Crippen molar-refractivity contribution in [1.29, 1.82) is 0 Å². The van der Waals surface area contributed by atoms with E-state index in [0.29, 0.717) is 38.3 Å². The second-order valence-corrected chi connectivity index (χ2v) is 7.81. The van der Waals surface area contributed by atoms with Gasteiger partial charge in [0.15, 0.2) is 5.13 Å². The summed E-state index contributed by atoms with van der Waals surface area (Å²) in [6.07, 6.45) is 0. The molecule has 1 N–H and O–H groups in total. The van der Waals surface area contributed by atoms with Crippen LogP contribution < -0.4 is 14.8 Å². The van der Waals surface area contributed by atoms with Crippen molar-refractivity contribution in [2.75, 3.05) is 19.5 Å². The average Bonchev–Trinajstić information content (AvgIpc) is 3.27. The number of hydrogen-bond acceptors (Lipinski definition) is 6. The van der Waals surface area contributed by atoms with Gasteiger partial charge in [-0.3, -0.25) is 14.9 Å². The molecule has 0 bridgehead atoms. The lowest BCUT2D eigenvalue weighted by Gasteiger charge is -2.08. The maximum absolute atomic E-state index is 13.2. The van der Waals surface area contributed by atoms with E-state index in [1.54, 1.807) is 30.3 Å². The van der Waals surface area contributed by atoms with Gasteiger partial charge in [-0.25, -0.2) is 4.98 Å². The molecule has 1 heterocycles. The molecule has 1 amide bonds. The van der Waals surface area contributed by atoms with E-state index in [4.69, 9.17) is 9.47 Å². The molecule has 160 valence electrons. The first kappa shape index (κ1) is 21.3. The second kappa shape index (κ2) is 9.45. The smallest absolute Gasteiger partial charge is 0.257 e. The van der Waals surface area contributed by atoms with Crippen LogP contribution in [0.4, 0.5) is 5.13 Å². The largest absolute Gasteiger partial charge is 0.497 e. The predicted octanol–water partition coefficient (Wildman–Crippen LogP) is 5.31. The summed E-state index contributed by atoms with van der Waals surface area (Å²) in [5, 5.41) is 3.13. The van der Waals surface area contributed by atoms with E-state index in [9.17, 15) is 9.59 Å². The Morgan fingerprint density at radius 2 is 1.41 bits per heavy atom. The summed E-state index contributed by atoms with van der Waals surface area (Å²) in [5.41, 5.74) is 2.24. The summed E-state index contributed by atoms with van der Waals surface area (Å²) in [4.78, 5) is 31.1. The first-order chi connectivity index (χ1) is 15.6. The van der Waals surface area contributed by atoms with E-state index >= 15 is 0 Å². The van der Waals surface area contributed by atoms with E-state index in [1.165, 1.54) is 14.2 Å². The number of nitrogens with zero attached hydrogens (tertiary/aromatic N) is 1. The second-order valence-electron chi connectivity index (χ2n) is 6.81. The van der Waals surface area contributed by atoms with Crippen molar-refractivity contribution in [2.24, 2.45) is 0 Å². The number of benzene rings is 3. The van der Waals surface area contributed by atoms with Gasteiger partial charge in [0.25, 0.3) is 5.91 Å². The van der Waals surface area contributed by atoms with Crippen LogP contribution in [0, 0.1) is 0 Å². The summed E-state index contributed by atoms with van der Waals surface area (Å²) >= 11 is 1.15. The molecule has 0 saturated heterocycles. The fraction of sp³-hybridized carbons (Fsp3) is 0.0800. The van der Waals surface area contributed by atoms with E-state index in [1.807, 2.05) is 48.5 Å². The average molecular weight is 445 g/mol. The first-order valence-corrected chi connectivity index (χ1v) is 10.6. The van der Waals surface area contributed by atoms with Gasteiger partial charge in [0, 0.05) is 22.8 Å². The summed E-state index contributed by atoms with van der Waals surface area (Å²) < 4.78 is 10.5. The van der Waals surface area contributed by atoms with Crippen molar-refractivity contribution in [2.45, 2.75) is 0 Å². The van der Waals surface area contributed by atoms with Gasteiger partial charge in [0.1, 0.15) is 16.4 Å². The molecule has 0 unspecified atom stereocenters. The monoisotopic (exact) mass is 444 g/mol. The minimum absolute atomic E-state index is 0.148. The molecule has 0 fully saturated rings. The highest BCUT2D eigenvalue weighted by Gasteiger charge is 2.22. The van der Waals surface area contributed by atoms with Gasteiger partial charge in [-0.05, 0) is 12.1 Å². The molecule has 0 spiro atoms. The molecule has 0 saturated carbocycles. The van der Waals surface area contributed by atoms with E-state index in [0.717, 1.165) is 16.9 Å². The number of nitrogens with one attached hydrogen (secondary N) is 1. The molecular formula is C25H20N2O4S. The molecule has 4 rings (SSSR count). The van der Waals surface area contributed by atoms with E-state index in [2.05, 4.69) is 10.3 Å². The van der Waals surface area contributed by atoms with Crippen molar-refractivity contribution in [3.63, 3.8) is 0 Å². The Morgan fingerprint density at radius 3 is 2.00 bits per heavy atom. The Labute approximate surface area is 189 Å². The molecule has 32 heavy (non-hydrogen) atoms. The quantitative estimate of drug-likeness (QED) is 0.391. The van der Waals surface area contributed by atoms with Gasteiger partial charge >= 0.3 is 0 Å². The Balaban J connectivity index is 1.70. The molecule has 0 aliphatic heterocycles. The van der Waals surface area contributed by atoms with Crippen molar-refractivity contribution in [3.8, 4) is 22.8 Å². The molecule has 7 heteroatoms. The van der Waals surface area contributed by atoms with Crippen LogP contribution in [0.25, 0.3) is 11.3 Å². The standard InChI is InChI=1S/C25H20N2O4S/c1-30-19-13-18(14-20(15-19)31-2)24(29)27-25-26-21(16-9-5-3-6-10-16)23(32-25)22(28)17-11-7-4-8-12-17/h3-15H,1-2H3,(H,26,27,29). The topological polar surface area (TPSA) is 77.5 Å². The Morgan fingerprint density at radius 1 is 0.812 bits per heavy atom. The van der Waals surface area contributed by atoms with E-state index in [-0.39, 0.29) is 11.7 Å². The van der Waals surface area contributed by atoms with Crippen LogP contribution in [0.1, 0.15) is 25.6 Å². The third kappa shape index (κ3) is 4.53. The predicted molar refractivity (Wildman–Crippen MR) is 125 cm³/mol. The number of thiazole rings is 1. The van der Waals surface area contributed by atoms with Gasteiger partial charge in [-0.15, -0.1) is 0 Å². The number of ether oxygens (including phenoxy) is 2. The highest BCUT2D eigenvalue weighted by atomic mass is 32.1. The molecule has 0 aliphatic carbocycles.